The second kappa shape index (κ2) is 7.55. The molecule has 0 fully saturated rings. The summed E-state index contributed by atoms with van der Waals surface area (Å²) in [6, 6.07) is 0. The maximum absolute atomic E-state index is 11.2. The minimum atomic E-state index is -0.198. The molecule has 0 unspecified atom stereocenters. The van der Waals surface area contributed by atoms with Crippen molar-refractivity contribution in [1.82, 2.24) is 5.32 Å². The molecule has 0 saturated carbocycles. The van der Waals surface area contributed by atoms with E-state index in [2.05, 4.69) is 23.2 Å². The van der Waals surface area contributed by atoms with Crippen LogP contribution in [0.2, 0.25) is 0 Å². The summed E-state index contributed by atoms with van der Waals surface area (Å²) < 4.78 is 4.64. The largest absolute Gasteiger partial charge is 0.469 e. The third-order valence-corrected chi connectivity index (χ3v) is 1.67. The molecule has 0 aromatic rings. The Hall–Kier alpha value is -1.09. The first-order valence-electron chi connectivity index (χ1n) is 4.26. The van der Waals surface area contributed by atoms with Gasteiger partial charge in [-0.1, -0.05) is 12.2 Å². The fourth-order valence-electron chi connectivity index (χ4n) is 0.990. The fraction of sp³-hybridized carbons (Fsp3) is 0.500. The summed E-state index contributed by atoms with van der Waals surface area (Å²) in [5.41, 5.74) is 0. The molecule has 0 aliphatic carbocycles. The van der Waals surface area contributed by atoms with E-state index in [1.54, 1.807) is 12.2 Å². The highest BCUT2D eigenvalue weighted by Gasteiger charge is 2.16. The lowest BCUT2D eigenvalue weighted by molar-refractivity contribution is -0.145. The van der Waals surface area contributed by atoms with E-state index in [-0.39, 0.29) is 11.9 Å². The van der Waals surface area contributed by atoms with Gasteiger partial charge in [0, 0.05) is 13.1 Å². The molecular weight excluding hydrogens is 166 g/mol. The van der Waals surface area contributed by atoms with Crippen molar-refractivity contribution in [1.29, 1.82) is 0 Å². The zero-order valence-electron chi connectivity index (χ0n) is 8.08. The topological polar surface area (TPSA) is 38.3 Å². The van der Waals surface area contributed by atoms with E-state index in [0.717, 1.165) is 0 Å². The zero-order valence-corrected chi connectivity index (χ0v) is 8.08. The molecule has 0 spiro atoms. The molecule has 1 N–H and O–H groups in total. The smallest absolute Gasteiger partial charge is 0.310 e. The Kier molecular flexibility index (Phi) is 6.92. The summed E-state index contributed by atoms with van der Waals surface area (Å²) in [5, 5.41) is 3.07. The van der Waals surface area contributed by atoms with Gasteiger partial charge in [0.05, 0.1) is 13.0 Å². The molecule has 0 aromatic carbocycles. The van der Waals surface area contributed by atoms with Gasteiger partial charge in [-0.2, -0.15) is 0 Å². The number of rotatable bonds is 7. The number of ether oxygens (including phenoxy) is 1. The van der Waals surface area contributed by atoms with E-state index in [4.69, 9.17) is 0 Å². The van der Waals surface area contributed by atoms with Crippen LogP contribution < -0.4 is 5.32 Å². The molecule has 3 heteroatoms. The molecule has 0 aromatic heterocycles. The van der Waals surface area contributed by atoms with E-state index < -0.39 is 0 Å². The lowest BCUT2D eigenvalue weighted by Crippen LogP contribution is -2.29. The number of methoxy groups -OCH3 is 1. The maximum Gasteiger partial charge on any atom is 0.310 e. The molecule has 0 heterocycles. The van der Waals surface area contributed by atoms with Gasteiger partial charge in [0.25, 0.3) is 0 Å². The van der Waals surface area contributed by atoms with Crippen LogP contribution in [0.25, 0.3) is 0 Å². The second-order valence-electron chi connectivity index (χ2n) is 2.69. The predicted molar refractivity (Wildman–Crippen MR) is 53.4 cm³/mol. The number of carbonyl (C=O) groups excluding carboxylic acids is 1. The highest BCUT2D eigenvalue weighted by atomic mass is 16.5. The van der Waals surface area contributed by atoms with Crippen LogP contribution in [0.3, 0.4) is 0 Å². The molecule has 1 atom stereocenters. The molecule has 0 amide bonds. The molecule has 0 radical (unpaired) electrons. The number of carbonyl (C=O) groups is 1. The second-order valence-corrected chi connectivity index (χ2v) is 2.69. The summed E-state index contributed by atoms with van der Waals surface area (Å²) in [5.74, 6) is -0.334. The highest BCUT2D eigenvalue weighted by molar-refractivity contribution is 5.72. The number of allylic oxidation sites excluding steroid dienone is 1. The molecule has 13 heavy (non-hydrogen) atoms. The number of nitrogens with one attached hydrogen (secondary N) is 1. The normalized spacial score (nSPS) is 11.8. The van der Waals surface area contributed by atoms with Gasteiger partial charge in [-0.25, -0.2) is 0 Å². The van der Waals surface area contributed by atoms with Crippen LogP contribution in [0.15, 0.2) is 25.3 Å². The molecule has 0 aliphatic heterocycles. The van der Waals surface area contributed by atoms with Crippen LogP contribution in [-0.2, 0) is 9.53 Å². The van der Waals surface area contributed by atoms with Gasteiger partial charge in [0.15, 0.2) is 0 Å². The van der Waals surface area contributed by atoms with Gasteiger partial charge in [0.1, 0.15) is 0 Å². The maximum atomic E-state index is 11.2. The molecule has 3 nitrogen and oxygen atoms in total. The van der Waals surface area contributed by atoms with Gasteiger partial charge in [-0.3, -0.25) is 4.79 Å². The lowest BCUT2D eigenvalue weighted by Gasteiger charge is -2.12. The van der Waals surface area contributed by atoms with Crippen molar-refractivity contribution in [3.05, 3.63) is 25.3 Å². The van der Waals surface area contributed by atoms with Gasteiger partial charge in [-0.15, -0.1) is 13.2 Å². The van der Waals surface area contributed by atoms with E-state index in [0.29, 0.717) is 19.5 Å². The molecule has 0 saturated heterocycles. The third kappa shape index (κ3) is 5.20. The summed E-state index contributed by atoms with van der Waals surface area (Å²) >= 11 is 0. The van der Waals surface area contributed by atoms with Crippen LogP contribution >= 0.6 is 0 Å². The van der Waals surface area contributed by atoms with Crippen molar-refractivity contribution in [3.63, 3.8) is 0 Å². The van der Waals surface area contributed by atoms with Crippen molar-refractivity contribution in [2.24, 2.45) is 5.92 Å². The Morgan fingerprint density at radius 2 is 2.23 bits per heavy atom. The first-order valence-corrected chi connectivity index (χ1v) is 4.26. The Bertz CT molecular complexity index is 178. The fourth-order valence-corrected chi connectivity index (χ4v) is 0.990. The van der Waals surface area contributed by atoms with Crippen molar-refractivity contribution < 1.29 is 9.53 Å². The minimum Gasteiger partial charge on any atom is -0.469 e. The van der Waals surface area contributed by atoms with E-state index in [1.807, 2.05) is 0 Å². The van der Waals surface area contributed by atoms with Crippen LogP contribution in [0, 0.1) is 5.92 Å². The van der Waals surface area contributed by atoms with Gasteiger partial charge < -0.3 is 10.1 Å². The van der Waals surface area contributed by atoms with Crippen LogP contribution in [0.5, 0.6) is 0 Å². The van der Waals surface area contributed by atoms with Gasteiger partial charge in [0.2, 0.25) is 0 Å². The standard InChI is InChI=1S/C10H17NO2/c1-4-6-9(10(12)13-3)8-11-7-5-2/h4-5,9,11H,1-2,6-8H2,3H3/t9-/m1/s1. The van der Waals surface area contributed by atoms with Crippen LogP contribution in [0.4, 0.5) is 0 Å². The Labute approximate surface area is 79.5 Å². The van der Waals surface area contributed by atoms with Crippen molar-refractivity contribution in [2.45, 2.75) is 6.42 Å². The Balaban J connectivity index is 3.85. The zero-order chi connectivity index (χ0) is 10.1. The highest BCUT2D eigenvalue weighted by Crippen LogP contribution is 2.04. The predicted octanol–water partition coefficient (Wildman–Crippen LogP) is 1.13. The number of hydrogen-bond acceptors (Lipinski definition) is 3. The Morgan fingerprint density at radius 1 is 1.54 bits per heavy atom. The lowest BCUT2D eigenvalue weighted by atomic mass is 10.1. The van der Waals surface area contributed by atoms with E-state index in [9.17, 15) is 4.79 Å². The van der Waals surface area contributed by atoms with E-state index >= 15 is 0 Å². The third-order valence-electron chi connectivity index (χ3n) is 1.67. The quantitative estimate of drug-likeness (QED) is 0.365. The average molecular weight is 183 g/mol. The molecule has 0 aliphatic rings. The summed E-state index contributed by atoms with van der Waals surface area (Å²) in [6.07, 6.45) is 4.11. The molecule has 74 valence electrons. The SMILES string of the molecule is C=CCNC[C@@H](CC=C)C(=O)OC. The van der Waals surface area contributed by atoms with Gasteiger partial charge >= 0.3 is 5.97 Å². The molecule has 0 rings (SSSR count). The summed E-state index contributed by atoms with van der Waals surface area (Å²) in [7, 11) is 1.39. The van der Waals surface area contributed by atoms with Gasteiger partial charge in [-0.05, 0) is 6.42 Å². The van der Waals surface area contributed by atoms with Crippen molar-refractivity contribution in [2.75, 3.05) is 20.2 Å². The van der Waals surface area contributed by atoms with Crippen LogP contribution in [0.1, 0.15) is 6.42 Å². The number of hydrogen-bond donors (Lipinski definition) is 1. The summed E-state index contributed by atoms with van der Waals surface area (Å²) in [4.78, 5) is 11.2. The van der Waals surface area contributed by atoms with E-state index in [1.165, 1.54) is 7.11 Å². The monoisotopic (exact) mass is 183 g/mol. The molecular formula is C10H17NO2. The average Bonchev–Trinajstić information content (AvgIpc) is 2.16. The minimum absolute atomic E-state index is 0.137. The summed E-state index contributed by atoms with van der Waals surface area (Å²) in [6.45, 7) is 8.46. The Morgan fingerprint density at radius 3 is 2.69 bits per heavy atom. The van der Waals surface area contributed by atoms with Crippen molar-refractivity contribution in [3.8, 4) is 0 Å². The first kappa shape index (κ1) is 11.9. The number of esters is 1. The first-order chi connectivity index (χ1) is 6.26. The molecule has 0 bridgehead atoms. The van der Waals surface area contributed by atoms with Crippen LogP contribution in [-0.4, -0.2) is 26.2 Å². The van der Waals surface area contributed by atoms with Crippen molar-refractivity contribution >= 4 is 5.97 Å².